The van der Waals surface area contributed by atoms with Crippen molar-refractivity contribution in [1.29, 1.82) is 0 Å². The second-order valence-electron chi connectivity index (χ2n) is 3.56. The minimum Gasteiger partial charge on any atom is -0.404 e. The molecule has 0 fully saturated rings. The van der Waals surface area contributed by atoms with E-state index >= 15 is 0 Å². The van der Waals surface area contributed by atoms with Gasteiger partial charge in [0, 0.05) is 12.8 Å². The van der Waals surface area contributed by atoms with Gasteiger partial charge in [-0.05, 0) is 13.8 Å². The molecule has 7 heteroatoms. The van der Waals surface area contributed by atoms with Gasteiger partial charge in [-0.1, -0.05) is 0 Å². The highest BCUT2D eigenvalue weighted by molar-refractivity contribution is 5.60. The van der Waals surface area contributed by atoms with Gasteiger partial charge in [0.15, 0.2) is 0 Å². The molecular weight excluding hydrogens is 220 g/mol. The number of carbonyl (C=O) groups excluding carboxylic acids is 1. The van der Waals surface area contributed by atoms with E-state index in [1.165, 1.54) is 13.8 Å². The Balaban J connectivity index is 3.80. The molecule has 16 heavy (non-hydrogen) atoms. The van der Waals surface area contributed by atoms with Crippen LogP contribution in [0.15, 0.2) is 0 Å². The van der Waals surface area contributed by atoms with Crippen molar-refractivity contribution in [3.63, 3.8) is 0 Å². The molecule has 4 atom stereocenters. The molecule has 0 aliphatic heterocycles. The van der Waals surface area contributed by atoms with Gasteiger partial charge in [-0.2, -0.15) is 0 Å². The number of aliphatic hydroxyl groups is 4. The lowest BCUT2D eigenvalue weighted by molar-refractivity contribution is -0.140. The van der Waals surface area contributed by atoms with Crippen LogP contribution in [0.25, 0.3) is 0 Å². The monoisotopic (exact) mass is 238 g/mol. The fraction of sp³-hybridized carbons (Fsp3) is 0.889. The molecule has 0 radical (unpaired) electrons. The maximum atomic E-state index is 10.9. The van der Waals surface area contributed by atoms with E-state index in [2.05, 4.69) is 9.47 Å². The summed E-state index contributed by atoms with van der Waals surface area (Å²) < 4.78 is 8.61. The molecule has 4 unspecified atom stereocenters. The Morgan fingerprint density at radius 2 is 1.25 bits per heavy atom. The molecule has 0 aliphatic rings. The van der Waals surface area contributed by atoms with Crippen LogP contribution in [0.1, 0.15) is 26.7 Å². The van der Waals surface area contributed by atoms with Crippen LogP contribution in [0.4, 0.5) is 4.79 Å². The molecule has 0 saturated heterocycles. The van der Waals surface area contributed by atoms with Crippen molar-refractivity contribution in [1.82, 2.24) is 0 Å². The number of carbonyl (C=O) groups is 1. The lowest BCUT2D eigenvalue weighted by Gasteiger charge is -2.16. The van der Waals surface area contributed by atoms with Gasteiger partial charge in [0.1, 0.15) is 0 Å². The average molecular weight is 238 g/mol. The van der Waals surface area contributed by atoms with Crippen molar-refractivity contribution in [3.05, 3.63) is 0 Å². The third-order valence-electron chi connectivity index (χ3n) is 1.55. The van der Waals surface area contributed by atoms with Crippen LogP contribution in [-0.2, 0) is 9.47 Å². The molecule has 0 amide bonds. The molecule has 0 aliphatic carbocycles. The second-order valence-corrected chi connectivity index (χ2v) is 3.56. The summed E-state index contributed by atoms with van der Waals surface area (Å²) in [6.45, 7) is 2.83. The van der Waals surface area contributed by atoms with Gasteiger partial charge in [-0.3, -0.25) is 0 Å². The molecule has 0 aromatic rings. The second kappa shape index (κ2) is 7.39. The highest BCUT2D eigenvalue weighted by atomic mass is 16.8. The van der Waals surface area contributed by atoms with E-state index in [0.717, 1.165) is 0 Å². The molecule has 0 saturated carbocycles. The first-order valence-electron chi connectivity index (χ1n) is 4.90. The predicted molar refractivity (Wildman–Crippen MR) is 52.2 cm³/mol. The summed E-state index contributed by atoms with van der Waals surface area (Å²) in [6, 6.07) is 0. The normalized spacial score (nSPS) is 18.4. The van der Waals surface area contributed by atoms with Crippen molar-refractivity contribution in [3.8, 4) is 0 Å². The zero-order chi connectivity index (χ0) is 12.7. The van der Waals surface area contributed by atoms with E-state index in [-0.39, 0.29) is 12.8 Å². The fourth-order valence-electron chi connectivity index (χ4n) is 0.930. The molecule has 96 valence electrons. The number of hydrogen-bond donors (Lipinski definition) is 4. The van der Waals surface area contributed by atoms with E-state index in [4.69, 9.17) is 20.4 Å². The van der Waals surface area contributed by atoms with Crippen LogP contribution in [0.5, 0.6) is 0 Å². The summed E-state index contributed by atoms with van der Waals surface area (Å²) >= 11 is 0. The molecule has 7 nitrogen and oxygen atoms in total. The first kappa shape index (κ1) is 15.1. The van der Waals surface area contributed by atoms with Crippen molar-refractivity contribution < 1.29 is 34.7 Å². The van der Waals surface area contributed by atoms with Crippen LogP contribution in [0.3, 0.4) is 0 Å². The largest absolute Gasteiger partial charge is 0.512 e. The van der Waals surface area contributed by atoms with Crippen molar-refractivity contribution >= 4 is 6.16 Å². The van der Waals surface area contributed by atoms with Crippen molar-refractivity contribution in [2.24, 2.45) is 0 Å². The lowest BCUT2D eigenvalue weighted by Crippen LogP contribution is -2.27. The summed E-state index contributed by atoms with van der Waals surface area (Å²) in [6.07, 6.45) is -6.21. The summed E-state index contributed by atoms with van der Waals surface area (Å²) in [7, 11) is 0. The minimum absolute atomic E-state index is 0.151. The molecule has 4 N–H and O–H groups in total. The lowest BCUT2D eigenvalue weighted by atomic mass is 10.3. The molecule has 0 aromatic carbocycles. The molecule has 0 bridgehead atoms. The Morgan fingerprint density at radius 3 is 1.50 bits per heavy atom. The third kappa shape index (κ3) is 8.42. The van der Waals surface area contributed by atoms with Crippen LogP contribution in [-0.4, -0.2) is 51.4 Å². The molecule has 0 rings (SSSR count). The van der Waals surface area contributed by atoms with Gasteiger partial charge in [0.05, 0.1) is 12.2 Å². The minimum atomic E-state index is -1.49. The summed E-state index contributed by atoms with van der Waals surface area (Å²) in [5.41, 5.74) is 0. The van der Waals surface area contributed by atoms with Crippen LogP contribution < -0.4 is 0 Å². The molecular formula is C9H18O7. The smallest absolute Gasteiger partial charge is 0.404 e. The van der Waals surface area contributed by atoms with Gasteiger partial charge in [-0.15, -0.1) is 0 Å². The van der Waals surface area contributed by atoms with E-state index in [9.17, 15) is 4.79 Å². The Kier molecular flexibility index (Phi) is 6.98. The van der Waals surface area contributed by atoms with E-state index in [1.807, 2.05) is 0 Å². The predicted octanol–water partition coefficient (Wildman–Crippen LogP) is -0.682. The highest BCUT2D eigenvalue weighted by Crippen LogP contribution is 2.05. The van der Waals surface area contributed by atoms with E-state index in [0.29, 0.717) is 0 Å². The Hall–Kier alpha value is -0.890. The first-order chi connectivity index (χ1) is 7.31. The van der Waals surface area contributed by atoms with Crippen LogP contribution in [0, 0.1) is 0 Å². The standard InChI is InChI=1S/C9H18O7/c1-5(10)3-7(12)15-9(14)16-8(13)4-6(2)11/h5-8,10-13H,3-4H2,1-2H3. The molecule has 0 heterocycles. The zero-order valence-corrected chi connectivity index (χ0v) is 9.24. The van der Waals surface area contributed by atoms with Crippen LogP contribution >= 0.6 is 0 Å². The fourth-order valence-corrected chi connectivity index (χ4v) is 0.930. The molecule has 0 aromatic heterocycles. The Bertz CT molecular complexity index is 184. The van der Waals surface area contributed by atoms with Gasteiger partial charge in [-0.25, -0.2) is 4.79 Å². The Labute approximate surface area is 93.2 Å². The molecule has 0 spiro atoms. The van der Waals surface area contributed by atoms with Gasteiger partial charge >= 0.3 is 6.16 Å². The number of aliphatic hydroxyl groups excluding tert-OH is 4. The highest BCUT2D eigenvalue weighted by Gasteiger charge is 2.18. The topological polar surface area (TPSA) is 116 Å². The van der Waals surface area contributed by atoms with Gasteiger partial charge in [0.2, 0.25) is 12.6 Å². The van der Waals surface area contributed by atoms with E-state index < -0.39 is 30.9 Å². The first-order valence-corrected chi connectivity index (χ1v) is 4.90. The summed E-state index contributed by atoms with van der Waals surface area (Å²) in [5, 5.41) is 35.9. The summed E-state index contributed by atoms with van der Waals surface area (Å²) in [4.78, 5) is 10.9. The number of ether oxygens (including phenoxy) is 2. The SMILES string of the molecule is CC(O)CC(O)OC(=O)OC(O)CC(C)O. The maximum Gasteiger partial charge on any atom is 0.512 e. The average Bonchev–Trinajstić information content (AvgIpc) is 1.97. The van der Waals surface area contributed by atoms with Gasteiger partial charge in [0.25, 0.3) is 0 Å². The number of rotatable bonds is 6. The summed E-state index contributed by atoms with van der Waals surface area (Å²) in [5.74, 6) is 0. The van der Waals surface area contributed by atoms with Crippen molar-refractivity contribution in [2.45, 2.75) is 51.5 Å². The number of hydrogen-bond acceptors (Lipinski definition) is 7. The van der Waals surface area contributed by atoms with E-state index in [1.54, 1.807) is 0 Å². The Morgan fingerprint density at radius 1 is 0.938 bits per heavy atom. The van der Waals surface area contributed by atoms with Crippen molar-refractivity contribution in [2.75, 3.05) is 0 Å². The zero-order valence-electron chi connectivity index (χ0n) is 9.24. The van der Waals surface area contributed by atoms with Gasteiger partial charge < -0.3 is 29.9 Å². The maximum absolute atomic E-state index is 10.9. The van der Waals surface area contributed by atoms with Crippen LogP contribution in [0.2, 0.25) is 0 Å². The third-order valence-corrected chi connectivity index (χ3v) is 1.55. The quantitative estimate of drug-likeness (QED) is 0.357.